The van der Waals surface area contributed by atoms with Gasteiger partial charge in [-0.25, -0.2) is 12.8 Å². The van der Waals surface area contributed by atoms with Crippen molar-refractivity contribution in [3.8, 4) is 0 Å². The summed E-state index contributed by atoms with van der Waals surface area (Å²) in [5.74, 6) is -0.858. The third kappa shape index (κ3) is 2.90. The van der Waals surface area contributed by atoms with E-state index in [1.54, 1.807) is 4.68 Å². The number of anilines is 2. The lowest BCUT2D eigenvalue weighted by Crippen LogP contribution is -2.14. The number of nitrogens with zero attached hydrogens (tertiary/aromatic N) is 2. The summed E-state index contributed by atoms with van der Waals surface area (Å²) in [5, 5.41) is 4.00. The van der Waals surface area contributed by atoms with E-state index in [-0.39, 0.29) is 17.4 Å². The third-order valence-electron chi connectivity index (χ3n) is 2.63. The molecule has 0 atom stereocenters. The van der Waals surface area contributed by atoms with E-state index < -0.39 is 20.7 Å². The largest absolute Gasteiger partial charge is 0.399 e. The zero-order valence-corrected chi connectivity index (χ0v) is 11.9. The van der Waals surface area contributed by atoms with Crippen molar-refractivity contribution in [1.29, 1.82) is 0 Å². The minimum Gasteiger partial charge on any atom is -0.399 e. The summed E-state index contributed by atoms with van der Waals surface area (Å²) >= 11 is 0. The lowest BCUT2D eigenvalue weighted by atomic mass is 10.3. The van der Waals surface area contributed by atoms with E-state index >= 15 is 0 Å². The van der Waals surface area contributed by atoms with Gasteiger partial charge in [0.25, 0.3) is 10.0 Å². The molecule has 2 rings (SSSR count). The van der Waals surface area contributed by atoms with Gasteiger partial charge in [-0.15, -0.1) is 0 Å². The number of nitrogen functional groups attached to an aromatic ring is 1. The molecule has 1 heterocycles. The van der Waals surface area contributed by atoms with E-state index in [1.807, 2.05) is 13.8 Å². The monoisotopic (exact) mass is 298 g/mol. The lowest BCUT2D eigenvalue weighted by Gasteiger charge is -2.08. The molecule has 0 aliphatic carbocycles. The van der Waals surface area contributed by atoms with E-state index in [2.05, 4.69) is 9.82 Å². The first-order valence-corrected chi connectivity index (χ1v) is 7.40. The number of sulfonamides is 1. The fourth-order valence-electron chi connectivity index (χ4n) is 1.61. The van der Waals surface area contributed by atoms with Gasteiger partial charge in [0.05, 0.1) is 11.9 Å². The molecule has 0 radical (unpaired) electrons. The van der Waals surface area contributed by atoms with Crippen LogP contribution in [-0.2, 0) is 10.0 Å². The summed E-state index contributed by atoms with van der Waals surface area (Å²) in [6, 6.07) is 3.48. The van der Waals surface area contributed by atoms with Gasteiger partial charge in [0, 0.05) is 17.9 Å². The molecule has 1 aromatic heterocycles. The number of halogens is 1. The van der Waals surface area contributed by atoms with Crippen LogP contribution in [0.2, 0.25) is 0 Å². The zero-order valence-electron chi connectivity index (χ0n) is 11.0. The highest BCUT2D eigenvalue weighted by molar-refractivity contribution is 7.92. The minimum absolute atomic E-state index is 0.0948. The van der Waals surface area contributed by atoms with Crippen LogP contribution in [0.4, 0.5) is 15.8 Å². The van der Waals surface area contributed by atoms with Crippen LogP contribution in [0.3, 0.4) is 0 Å². The van der Waals surface area contributed by atoms with Crippen molar-refractivity contribution in [3.63, 3.8) is 0 Å². The van der Waals surface area contributed by atoms with Crippen LogP contribution in [0, 0.1) is 5.82 Å². The Morgan fingerprint density at radius 1 is 1.40 bits per heavy atom. The van der Waals surface area contributed by atoms with Crippen molar-refractivity contribution >= 4 is 21.4 Å². The number of benzene rings is 1. The van der Waals surface area contributed by atoms with Gasteiger partial charge in [-0.2, -0.15) is 5.10 Å². The molecule has 3 N–H and O–H groups in total. The minimum atomic E-state index is -4.04. The highest BCUT2D eigenvalue weighted by Gasteiger charge is 2.20. The van der Waals surface area contributed by atoms with Gasteiger partial charge < -0.3 is 5.73 Å². The number of nitrogens with two attached hydrogens (primary N) is 1. The Hall–Kier alpha value is -2.09. The highest BCUT2D eigenvalue weighted by Crippen LogP contribution is 2.21. The van der Waals surface area contributed by atoms with E-state index in [0.29, 0.717) is 0 Å². The molecule has 0 saturated heterocycles. The van der Waals surface area contributed by atoms with Crippen LogP contribution in [-0.4, -0.2) is 18.2 Å². The first kappa shape index (κ1) is 14.3. The van der Waals surface area contributed by atoms with E-state index in [1.165, 1.54) is 18.5 Å². The maximum atomic E-state index is 13.6. The molecule has 0 unspecified atom stereocenters. The number of aromatic nitrogens is 2. The normalized spacial score (nSPS) is 11.8. The second kappa shape index (κ2) is 5.12. The van der Waals surface area contributed by atoms with E-state index in [4.69, 9.17) is 5.73 Å². The van der Waals surface area contributed by atoms with Crippen LogP contribution in [0.15, 0.2) is 35.5 Å². The molecule has 0 aliphatic heterocycles. The van der Waals surface area contributed by atoms with Gasteiger partial charge in [0.2, 0.25) is 0 Å². The number of hydrogen-bond donors (Lipinski definition) is 2. The van der Waals surface area contributed by atoms with Crippen molar-refractivity contribution in [1.82, 2.24) is 9.78 Å². The first-order chi connectivity index (χ1) is 9.29. The fraction of sp³-hybridized carbons (Fsp3) is 0.250. The van der Waals surface area contributed by atoms with Crippen LogP contribution in [0.25, 0.3) is 0 Å². The molecule has 0 aliphatic rings. The van der Waals surface area contributed by atoms with Gasteiger partial charge in [-0.1, -0.05) is 0 Å². The topological polar surface area (TPSA) is 90.0 Å². The van der Waals surface area contributed by atoms with Gasteiger partial charge in [0.15, 0.2) is 0 Å². The molecule has 0 bridgehead atoms. The number of nitrogens with one attached hydrogen (secondary N) is 1. The van der Waals surface area contributed by atoms with Crippen molar-refractivity contribution in [2.45, 2.75) is 24.8 Å². The average molecular weight is 298 g/mol. The van der Waals surface area contributed by atoms with Crippen LogP contribution < -0.4 is 10.5 Å². The molecule has 20 heavy (non-hydrogen) atoms. The maximum Gasteiger partial charge on any atom is 0.264 e. The predicted molar refractivity (Wildman–Crippen MR) is 74.2 cm³/mol. The molecule has 2 aromatic rings. The predicted octanol–water partition coefficient (Wildman–Crippen LogP) is 1.99. The zero-order chi connectivity index (χ0) is 14.9. The quantitative estimate of drug-likeness (QED) is 0.845. The fourth-order valence-corrected chi connectivity index (χ4v) is 2.75. The molecule has 108 valence electrons. The first-order valence-electron chi connectivity index (χ1n) is 5.91. The molecular formula is C12H15FN4O2S. The van der Waals surface area contributed by atoms with E-state index in [9.17, 15) is 12.8 Å². The summed E-state index contributed by atoms with van der Waals surface area (Å²) in [6.07, 6.45) is 2.90. The summed E-state index contributed by atoms with van der Waals surface area (Å²) in [6.45, 7) is 3.81. The van der Waals surface area contributed by atoms with Crippen LogP contribution >= 0.6 is 0 Å². The molecular weight excluding hydrogens is 283 g/mol. The second-order valence-electron chi connectivity index (χ2n) is 4.60. The van der Waals surface area contributed by atoms with Gasteiger partial charge >= 0.3 is 0 Å². The van der Waals surface area contributed by atoms with Crippen molar-refractivity contribution < 1.29 is 12.8 Å². The van der Waals surface area contributed by atoms with Crippen LogP contribution in [0.5, 0.6) is 0 Å². The average Bonchev–Trinajstić information content (AvgIpc) is 2.80. The molecule has 8 heteroatoms. The Bertz CT molecular complexity index is 725. The third-order valence-corrected chi connectivity index (χ3v) is 4.02. The summed E-state index contributed by atoms with van der Waals surface area (Å²) in [7, 11) is -4.04. The number of hydrogen-bond acceptors (Lipinski definition) is 4. The molecule has 6 nitrogen and oxygen atoms in total. The molecule has 0 spiro atoms. The van der Waals surface area contributed by atoms with Crippen LogP contribution in [0.1, 0.15) is 19.9 Å². The summed E-state index contributed by atoms with van der Waals surface area (Å²) in [4.78, 5) is -0.491. The molecule has 0 saturated carbocycles. The Morgan fingerprint density at radius 3 is 2.70 bits per heavy atom. The highest BCUT2D eigenvalue weighted by atomic mass is 32.2. The van der Waals surface area contributed by atoms with Crippen molar-refractivity contribution in [2.75, 3.05) is 10.5 Å². The van der Waals surface area contributed by atoms with Gasteiger partial charge in [-0.05, 0) is 32.0 Å². The molecule has 0 fully saturated rings. The summed E-state index contributed by atoms with van der Waals surface area (Å²) in [5.41, 5.74) is 5.92. The Kier molecular flexibility index (Phi) is 3.67. The number of rotatable bonds is 4. The Balaban J connectivity index is 2.33. The Morgan fingerprint density at radius 2 is 2.10 bits per heavy atom. The molecule has 1 aromatic carbocycles. The SMILES string of the molecule is CC(C)n1cc(NS(=O)(=O)c2cc(N)ccc2F)cn1. The van der Waals surface area contributed by atoms with Gasteiger partial charge in [0.1, 0.15) is 10.7 Å². The lowest BCUT2D eigenvalue weighted by molar-refractivity contribution is 0.532. The second-order valence-corrected chi connectivity index (χ2v) is 6.25. The summed E-state index contributed by atoms with van der Waals surface area (Å²) < 4.78 is 41.7. The van der Waals surface area contributed by atoms with E-state index in [0.717, 1.165) is 12.1 Å². The smallest absolute Gasteiger partial charge is 0.264 e. The van der Waals surface area contributed by atoms with Crippen molar-refractivity contribution in [2.24, 2.45) is 0 Å². The van der Waals surface area contributed by atoms with Crippen molar-refractivity contribution in [3.05, 3.63) is 36.4 Å². The Labute approximate surface area is 116 Å². The van der Waals surface area contributed by atoms with Gasteiger partial charge in [-0.3, -0.25) is 9.40 Å². The maximum absolute atomic E-state index is 13.6. The molecule has 0 amide bonds. The standard InChI is InChI=1S/C12H15FN4O2S/c1-8(2)17-7-10(6-15-17)16-20(18,19)12-5-9(14)3-4-11(12)13/h3-8,16H,14H2,1-2H3.